The fraction of sp³-hybridized carbons (Fsp3) is 0.167. The molecule has 2 rings (SSSR count). The molecule has 6 nitrogen and oxygen atoms in total. The van der Waals surface area contributed by atoms with Gasteiger partial charge in [0.1, 0.15) is 0 Å². The minimum absolute atomic E-state index is 0.0684. The molecule has 11 heteroatoms. The number of sulfonamides is 1. The van der Waals surface area contributed by atoms with Crippen molar-refractivity contribution >= 4 is 32.5 Å². The van der Waals surface area contributed by atoms with Crippen molar-refractivity contribution in [3.05, 3.63) is 40.9 Å². The largest absolute Gasteiger partial charge is 0.481 e. The maximum absolute atomic E-state index is 12.4. The number of anilines is 1. The zero-order valence-electron chi connectivity index (χ0n) is 11.2. The minimum atomic E-state index is -4.56. The third-order valence-electron chi connectivity index (χ3n) is 2.59. The summed E-state index contributed by atoms with van der Waals surface area (Å²) in [4.78, 5) is 14.2. The molecule has 1 heterocycles. The van der Waals surface area contributed by atoms with E-state index in [9.17, 15) is 26.4 Å². The first-order valence-corrected chi connectivity index (χ1v) is 8.24. The molecule has 0 amide bonds. The molecule has 0 radical (unpaired) electrons. The fourth-order valence-electron chi connectivity index (χ4n) is 1.58. The van der Waals surface area contributed by atoms with Crippen LogP contribution in [0.1, 0.15) is 10.4 Å². The Balaban J connectivity index is 2.18. The van der Waals surface area contributed by atoms with Crippen LogP contribution in [-0.2, 0) is 27.4 Å². The third kappa shape index (κ3) is 4.42. The van der Waals surface area contributed by atoms with Crippen LogP contribution in [-0.4, -0.2) is 24.5 Å². The molecule has 0 aliphatic carbocycles. The molecule has 2 aromatic rings. The minimum Gasteiger partial charge on any atom is -0.481 e. The molecular weight excluding hydrogens is 357 g/mol. The number of aromatic nitrogens is 1. The van der Waals surface area contributed by atoms with Crippen LogP contribution in [0.5, 0.6) is 0 Å². The van der Waals surface area contributed by atoms with Crippen molar-refractivity contribution in [1.29, 1.82) is 0 Å². The van der Waals surface area contributed by atoms with Gasteiger partial charge in [-0.05, 0) is 24.3 Å². The number of carbonyl (C=O) groups is 1. The summed E-state index contributed by atoms with van der Waals surface area (Å²) >= 11 is 0.828. The number of rotatable bonds is 5. The Labute approximate surface area is 132 Å². The maximum atomic E-state index is 12.4. The highest BCUT2D eigenvalue weighted by molar-refractivity contribution is 7.93. The van der Waals surface area contributed by atoms with Crippen molar-refractivity contribution in [3.8, 4) is 0 Å². The number of hydrogen-bond donors (Lipinski definition) is 2. The summed E-state index contributed by atoms with van der Waals surface area (Å²) in [7, 11) is -4.11. The van der Waals surface area contributed by atoms with Crippen molar-refractivity contribution in [3.63, 3.8) is 0 Å². The zero-order valence-corrected chi connectivity index (χ0v) is 12.8. The highest BCUT2D eigenvalue weighted by atomic mass is 32.2. The van der Waals surface area contributed by atoms with E-state index < -0.39 is 27.7 Å². The number of hydrogen-bond acceptors (Lipinski definition) is 5. The number of carboxylic acid groups (broad SMARTS) is 1. The molecular formula is C12H9F3N2O4S2. The Morgan fingerprint density at radius 3 is 2.39 bits per heavy atom. The lowest BCUT2D eigenvalue weighted by Crippen LogP contribution is -2.13. The van der Waals surface area contributed by atoms with Crippen molar-refractivity contribution in [2.75, 3.05) is 4.72 Å². The van der Waals surface area contributed by atoms with Crippen molar-refractivity contribution in [2.24, 2.45) is 0 Å². The van der Waals surface area contributed by atoms with E-state index in [1.54, 1.807) is 0 Å². The average molecular weight is 366 g/mol. The van der Waals surface area contributed by atoms with E-state index >= 15 is 0 Å². The van der Waals surface area contributed by atoms with Gasteiger partial charge in [0.15, 0.2) is 5.13 Å². The van der Waals surface area contributed by atoms with Gasteiger partial charge >= 0.3 is 12.1 Å². The molecule has 2 N–H and O–H groups in total. The Kier molecular flexibility index (Phi) is 4.61. The van der Waals surface area contributed by atoms with E-state index in [1.165, 1.54) is 6.20 Å². The summed E-state index contributed by atoms with van der Waals surface area (Å²) in [6, 6.07) is 2.98. The first-order valence-electron chi connectivity index (χ1n) is 5.94. The van der Waals surface area contributed by atoms with Crippen LogP contribution in [0.3, 0.4) is 0 Å². The fourth-order valence-corrected chi connectivity index (χ4v) is 3.63. The number of aliphatic carboxylic acids is 1. The highest BCUT2D eigenvalue weighted by Crippen LogP contribution is 2.30. The van der Waals surface area contributed by atoms with Gasteiger partial charge in [0.25, 0.3) is 10.0 Å². The predicted molar refractivity (Wildman–Crippen MR) is 75.7 cm³/mol. The molecule has 1 aromatic carbocycles. The lowest BCUT2D eigenvalue weighted by molar-refractivity contribution is -0.138. The highest BCUT2D eigenvalue weighted by Gasteiger charge is 2.30. The van der Waals surface area contributed by atoms with Gasteiger partial charge < -0.3 is 5.11 Å². The second-order valence-electron chi connectivity index (χ2n) is 4.33. The van der Waals surface area contributed by atoms with E-state index in [4.69, 9.17) is 5.11 Å². The molecule has 0 atom stereocenters. The first kappa shape index (κ1) is 17.2. The molecule has 0 saturated heterocycles. The van der Waals surface area contributed by atoms with Crippen molar-refractivity contribution in [1.82, 2.24) is 4.98 Å². The van der Waals surface area contributed by atoms with E-state index in [0.29, 0.717) is 17.0 Å². The summed E-state index contributed by atoms with van der Waals surface area (Å²) in [6.45, 7) is 0. The van der Waals surface area contributed by atoms with Gasteiger partial charge in [-0.15, -0.1) is 11.3 Å². The summed E-state index contributed by atoms with van der Waals surface area (Å²) in [5.74, 6) is -1.09. The molecule has 0 saturated carbocycles. The van der Waals surface area contributed by atoms with E-state index in [1.807, 2.05) is 0 Å². The van der Waals surface area contributed by atoms with Crippen LogP contribution in [0.4, 0.5) is 18.3 Å². The number of benzene rings is 1. The monoisotopic (exact) mass is 366 g/mol. The maximum Gasteiger partial charge on any atom is 0.416 e. The molecule has 0 bridgehead atoms. The van der Waals surface area contributed by atoms with Crippen LogP contribution in [0.2, 0.25) is 0 Å². The average Bonchev–Trinajstić information content (AvgIpc) is 2.83. The van der Waals surface area contributed by atoms with Gasteiger partial charge in [0.05, 0.1) is 16.9 Å². The molecule has 23 heavy (non-hydrogen) atoms. The summed E-state index contributed by atoms with van der Waals surface area (Å²) in [5, 5.41) is 8.56. The number of thiazole rings is 1. The van der Waals surface area contributed by atoms with E-state index in [2.05, 4.69) is 9.71 Å². The van der Waals surface area contributed by atoms with Gasteiger partial charge in [0.2, 0.25) is 0 Å². The van der Waals surface area contributed by atoms with Crippen LogP contribution >= 0.6 is 11.3 Å². The molecule has 1 aromatic heterocycles. The Morgan fingerprint density at radius 1 is 1.26 bits per heavy atom. The normalized spacial score (nSPS) is 12.1. The molecule has 0 fully saturated rings. The second-order valence-corrected chi connectivity index (χ2v) is 7.13. The Morgan fingerprint density at radius 2 is 1.87 bits per heavy atom. The molecule has 0 aliphatic heterocycles. The summed E-state index contributed by atoms with van der Waals surface area (Å²) in [6.07, 6.45) is -3.65. The smallest absolute Gasteiger partial charge is 0.416 e. The lowest BCUT2D eigenvalue weighted by Gasteiger charge is -2.08. The van der Waals surface area contributed by atoms with Crippen LogP contribution in [0.25, 0.3) is 0 Å². The lowest BCUT2D eigenvalue weighted by atomic mass is 10.2. The number of nitrogens with one attached hydrogen (secondary N) is 1. The van der Waals surface area contributed by atoms with Gasteiger partial charge in [0, 0.05) is 11.1 Å². The standard InChI is InChI=1S/C12H9F3N2O4S2/c13-12(14,15)7-1-3-9(4-2-7)23(20,21)17-11-16-6-8(22-11)5-10(18)19/h1-4,6H,5H2,(H,16,17)(H,18,19). The molecule has 124 valence electrons. The molecule has 0 unspecified atom stereocenters. The Hall–Kier alpha value is -2.14. The number of alkyl halides is 3. The van der Waals surface area contributed by atoms with E-state index in [0.717, 1.165) is 23.5 Å². The quantitative estimate of drug-likeness (QED) is 0.848. The summed E-state index contributed by atoms with van der Waals surface area (Å²) in [5.41, 5.74) is -0.963. The summed E-state index contributed by atoms with van der Waals surface area (Å²) < 4.78 is 63.5. The van der Waals surface area contributed by atoms with Crippen LogP contribution in [0, 0.1) is 0 Å². The number of carboxylic acids is 1. The Bertz CT molecular complexity index is 814. The molecule has 0 spiro atoms. The number of halogens is 3. The third-order valence-corrected chi connectivity index (χ3v) is 4.99. The topological polar surface area (TPSA) is 96.4 Å². The van der Waals surface area contributed by atoms with Gasteiger partial charge in [-0.2, -0.15) is 13.2 Å². The van der Waals surface area contributed by atoms with Crippen molar-refractivity contribution in [2.45, 2.75) is 17.5 Å². The van der Waals surface area contributed by atoms with Gasteiger partial charge in [-0.1, -0.05) is 0 Å². The van der Waals surface area contributed by atoms with Gasteiger partial charge in [-0.25, -0.2) is 13.4 Å². The molecule has 0 aliphatic rings. The van der Waals surface area contributed by atoms with Gasteiger partial charge in [-0.3, -0.25) is 9.52 Å². The van der Waals surface area contributed by atoms with E-state index in [-0.39, 0.29) is 16.4 Å². The SMILES string of the molecule is O=C(O)Cc1cnc(NS(=O)(=O)c2ccc(C(F)(F)F)cc2)s1. The predicted octanol–water partition coefficient (Wildman–Crippen LogP) is 2.59. The second kappa shape index (κ2) is 6.16. The zero-order chi connectivity index (χ0) is 17.3. The van der Waals surface area contributed by atoms with Crippen molar-refractivity contribution < 1.29 is 31.5 Å². The number of nitrogens with zero attached hydrogens (tertiary/aromatic N) is 1. The van der Waals surface area contributed by atoms with Crippen LogP contribution in [0.15, 0.2) is 35.4 Å². The first-order chi connectivity index (χ1) is 10.6. The van der Waals surface area contributed by atoms with Crippen LogP contribution < -0.4 is 4.72 Å².